The summed E-state index contributed by atoms with van der Waals surface area (Å²) in [5.41, 5.74) is 2.43. The van der Waals surface area contributed by atoms with E-state index in [1.807, 2.05) is 48.9 Å². The second-order valence-electron chi connectivity index (χ2n) is 7.93. The summed E-state index contributed by atoms with van der Waals surface area (Å²) in [6.07, 6.45) is 3.47. The molecule has 1 atom stereocenters. The zero-order chi connectivity index (χ0) is 20.5. The van der Waals surface area contributed by atoms with Gasteiger partial charge >= 0.3 is 0 Å². The molecule has 4 rings (SSSR count). The molecule has 2 aliphatic heterocycles. The fourth-order valence-electron chi connectivity index (χ4n) is 4.29. The molecule has 0 aromatic carbocycles. The van der Waals surface area contributed by atoms with Gasteiger partial charge in [-0.3, -0.25) is 29.1 Å². The number of aryl methyl sites for hydroxylation is 3. The molecule has 0 radical (unpaired) electrons. The van der Waals surface area contributed by atoms with Crippen molar-refractivity contribution in [3.05, 3.63) is 41.3 Å². The van der Waals surface area contributed by atoms with Crippen molar-refractivity contribution in [2.45, 2.75) is 32.7 Å². The molecule has 2 aromatic heterocycles. The van der Waals surface area contributed by atoms with Gasteiger partial charge in [-0.15, -0.1) is 0 Å². The Balaban J connectivity index is 1.40. The molecule has 2 aromatic rings. The molecule has 154 valence electrons. The largest absolute Gasteiger partial charge is 0.336 e. The van der Waals surface area contributed by atoms with Gasteiger partial charge in [0.05, 0.1) is 17.3 Å². The first-order chi connectivity index (χ1) is 13.9. The highest BCUT2D eigenvalue weighted by atomic mass is 16.2. The number of nitrogens with zero attached hydrogens (tertiary/aromatic N) is 6. The zero-order valence-corrected chi connectivity index (χ0v) is 17.3. The zero-order valence-electron chi connectivity index (χ0n) is 17.3. The van der Waals surface area contributed by atoms with Crippen LogP contribution in [-0.2, 0) is 11.8 Å². The van der Waals surface area contributed by atoms with Gasteiger partial charge in [0.1, 0.15) is 5.82 Å². The molecule has 0 spiro atoms. The Morgan fingerprint density at radius 1 is 1.07 bits per heavy atom. The van der Waals surface area contributed by atoms with Crippen molar-refractivity contribution in [3.8, 4) is 0 Å². The third-order valence-electron chi connectivity index (χ3n) is 5.86. The molecule has 2 fully saturated rings. The summed E-state index contributed by atoms with van der Waals surface area (Å²) >= 11 is 0. The van der Waals surface area contributed by atoms with Gasteiger partial charge in [0.25, 0.3) is 5.91 Å². The summed E-state index contributed by atoms with van der Waals surface area (Å²) in [5, 5.41) is 4.38. The number of carbonyl (C=O) groups excluding carboxylic acids is 2. The number of aromatic nitrogens is 3. The van der Waals surface area contributed by atoms with E-state index in [9.17, 15) is 9.59 Å². The summed E-state index contributed by atoms with van der Waals surface area (Å²) in [5.74, 6) is 1.01. The molecule has 0 saturated carbocycles. The van der Waals surface area contributed by atoms with Crippen LogP contribution in [0.15, 0.2) is 24.4 Å². The molecular weight excluding hydrogens is 368 g/mol. The average molecular weight is 396 g/mol. The van der Waals surface area contributed by atoms with Crippen molar-refractivity contribution < 1.29 is 9.59 Å². The number of piperidine rings is 1. The van der Waals surface area contributed by atoms with Gasteiger partial charge in [0, 0.05) is 57.7 Å². The minimum absolute atomic E-state index is 0.0131. The maximum atomic E-state index is 13.2. The van der Waals surface area contributed by atoms with Gasteiger partial charge in [0.15, 0.2) is 0 Å². The summed E-state index contributed by atoms with van der Waals surface area (Å²) in [7, 11) is 1.88. The molecule has 4 heterocycles. The van der Waals surface area contributed by atoms with E-state index in [1.165, 1.54) is 0 Å². The minimum Gasteiger partial charge on any atom is -0.336 e. The number of piperazine rings is 1. The van der Waals surface area contributed by atoms with Gasteiger partial charge in [-0.25, -0.2) is 0 Å². The quantitative estimate of drug-likeness (QED) is 0.784. The molecule has 0 unspecified atom stereocenters. The van der Waals surface area contributed by atoms with Gasteiger partial charge in [-0.05, 0) is 38.8 Å². The van der Waals surface area contributed by atoms with Gasteiger partial charge in [-0.2, -0.15) is 5.10 Å². The molecule has 2 aliphatic rings. The van der Waals surface area contributed by atoms with Crippen molar-refractivity contribution in [1.82, 2.24) is 24.6 Å². The van der Waals surface area contributed by atoms with E-state index in [1.54, 1.807) is 10.9 Å². The second kappa shape index (κ2) is 7.94. The first kappa shape index (κ1) is 19.6. The summed E-state index contributed by atoms with van der Waals surface area (Å²) < 4.78 is 1.78. The highest BCUT2D eigenvalue weighted by Gasteiger charge is 2.37. The lowest BCUT2D eigenvalue weighted by molar-refractivity contribution is -0.126. The fraction of sp³-hybridized carbons (Fsp3) is 0.524. The molecule has 8 heteroatoms. The standard InChI is InChI=1S/C21H28N6O2/c1-15-6-7-17(14-22-15)20(28)26-11-9-25(10-12-26)18-5-4-8-27(21(18)29)19-13-16(2)23-24(19)3/h6-7,13-14,18H,4-5,8-12H2,1-3H3/t18-/m0/s1. The van der Waals surface area contributed by atoms with Gasteiger partial charge < -0.3 is 4.90 Å². The Morgan fingerprint density at radius 2 is 1.83 bits per heavy atom. The van der Waals surface area contributed by atoms with Crippen molar-refractivity contribution in [1.29, 1.82) is 0 Å². The molecule has 2 amide bonds. The van der Waals surface area contributed by atoms with Crippen LogP contribution in [-0.4, -0.2) is 75.1 Å². The predicted molar refractivity (Wildman–Crippen MR) is 110 cm³/mol. The second-order valence-corrected chi connectivity index (χ2v) is 7.93. The van der Waals surface area contributed by atoms with E-state index in [-0.39, 0.29) is 17.9 Å². The predicted octanol–water partition coefficient (Wildman–Crippen LogP) is 1.39. The smallest absolute Gasteiger partial charge is 0.255 e. The number of amides is 2. The van der Waals surface area contributed by atoms with Crippen LogP contribution < -0.4 is 4.90 Å². The van der Waals surface area contributed by atoms with Crippen molar-refractivity contribution in [2.24, 2.45) is 7.05 Å². The number of anilines is 1. The molecule has 8 nitrogen and oxygen atoms in total. The lowest BCUT2D eigenvalue weighted by atomic mass is 10.0. The summed E-state index contributed by atoms with van der Waals surface area (Å²) in [4.78, 5) is 36.1. The number of hydrogen-bond acceptors (Lipinski definition) is 5. The van der Waals surface area contributed by atoms with Crippen LogP contribution in [0.25, 0.3) is 0 Å². The molecule has 29 heavy (non-hydrogen) atoms. The Hall–Kier alpha value is -2.74. The van der Waals surface area contributed by atoms with Crippen LogP contribution in [0.2, 0.25) is 0 Å². The maximum Gasteiger partial charge on any atom is 0.255 e. The molecule has 0 bridgehead atoms. The van der Waals surface area contributed by atoms with Crippen LogP contribution in [0.5, 0.6) is 0 Å². The maximum absolute atomic E-state index is 13.2. The number of carbonyl (C=O) groups is 2. The fourth-order valence-corrected chi connectivity index (χ4v) is 4.29. The van der Waals surface area contributed by atoms with Crippen LogP contribution in [0.3, 0.4) is 0 Å². The number of hydrogen-bond donors (Lipinski definition) is 0. The van der Waals surface area contributed by atoms with Crippen molar-refractivity contribution in [2.75, 3.05) is 37.6 Å². The van der Waals surface area contributed by atoms with Crippen LogP contribution in [0.4, 0.5) is 5.82 Å². The Labute approximate surface area is 171 Å². The topological polar surface area (TPSA) is 74.6 Å². The molecular formula is C21H28N6O2. The van der Waals surface area contributed by atoms with E-state index in [0.29, 0.717) is 31.7 Å². The molecule has 0 N–H and O–H groups in total. The number of pyridine rings is 1. The monoisotopic (exact) mass is 396 g/mol. The Morgan fingerprint density at radius 3 is 2.45 bits per heavy atom. The summed E-state index contributed by atoms with van der Waals surface area (Å²) in [6.45, 7) is 7.24. The van der Waals surface area contributed by atoms with Gasteiger partial charge in [0.2, 0.25) is 5.91 Å². The van der Waals surface area contributed by atoms with E-state index in [4.69, 9.17) is 0 Å². The van der Waals surface area contributed by atoms with E-state index >= 15 is 0 Å². The average Bonchev–Trinajstić information content (AvgIpc) is 3.06. The van der Waals surface area contributed by atoms with E-state index in [2.05, 4.69) is 15.0 Å². The van der Waals surface area contributed by atoms with Gasteiger partial charge in [-0.1, -0.05) is 0 Å². The van der Waals surface area contributed by atoms with Crippen molar-refractivity contribution in [3.63, 3.8) is 0 Å². The normalized spacial score (nSPS) is 20.9. The Bertz CT molecular complexity index is 898. The summed E-state index contributed by atoms with van der Waals surface area (Å²) in [6, 6.07) is 5.53. The van der Waals surface area contributed by atoms with E-state index in [0.717, 1.165) is 36.6 Å². The number of rotatable bonds is 3. The first-order valence-electron chi connectivity index (χ1n) is 10.2. The minimum atomic E-state index is -0.128. The Kier molecular flexibility index (Phi) is 5.36. The highest BCUT2D eigenvalue weighted by molar-refractivity contribution is 5.97. The third kappa shape index (κ3) is 3.89. The highest BCUT2D eigenvalue weighted by Crippen LogP contribution is 2.25. The lowest BCUT2D eigenvalue weighted by Gasteiger charge is -2.42. The lowest BCUT2D eigenvalue weighted by Crippen LogP contribution is -2.58. The van der Waals surface area contributed by atoms with Crippen LogP contribution in [0, 0.1) is 13.8 Å². The van der Waals surface area contributed by atoms with Crippen LogP contribution >= 0.6 is 0 Å². The van der Waals surface area contributed by atoms with Crippen LogP contribution in [0.1, 0.15) is 34.6 Å². The third-order valence-corrected chi connectivity index (χ3v) is 5.86. The van der Waals surface area contributed by atoms with E-state index < -0.39 is 0 Å². The SMILES string of the molecule is Cc1ccc(C(=O)N2CCN([C@H]3CCCN(c4cc(C)nn4C)C3=O)CC2)cn1. The first-order valence-corrected chi connectivity index (χ1v) is 10.2. The van der Waals surface area contributed by atoms with Crippen molar-refractivity contribution >= 4 is 17.6 Å². The molecule has 0 aliphatic carbocycles. The molecule has 2 saturated heterocycles.